The van der Waals surface area contributed by atoms with Crippen LogP contribution in [0.4, 0.5) is 5.69 Å². The minimum Gasteiger partial charge on any atom is -0.322 e. The predicted octanol–water partition coefficient (Wildman–Crippen LogP) is 2.53. The molecule has 1 heterocycles. The fourth-order valence-electron chi connectivity index (χ4n) is 2.09. The number of carbonyl (C=O) groups is 1. The van der Waals surface area contributed by atoms with Crippen molar-refractivity contribution in [1.29, 1.82) is 0 Å². The number of benzene rings is 2. The molecular weight excluding hydrogens is 278 g/mol. The van der Waals surface area contributed by atoms with E-state index < -0.39 is 0 Å². The number of nitrogens with zero attached hydrogens (tertiary/aromatic N) is 4. The lowest BCUT2D eigenvalue weighted by Gasteiger charge is -2.08. The molecule has 0 aliphatic rings. The Balaban J connectivity index is 1.83. The summed E-state index contributed by atoms with van der Waals surface area (Å²) >= 11 is 0. The number of hydrogen-bond donors (Lipinski definition) is 1. The van der Waals surface area contributed by atoms with Gasteiger partial charge >= 0.3 is 0 Å². The van der Waals surface area contributed by atoms with Crippen LogP contribution in [0, 0.1) is 13.8 Å². The molecule has 6 nitrogen and oxygen atoms in total. The van der Waals surface area contributed by atoms with Gasteiger partial charge in [0.1, 0.15) is 6.33 Å². The molecule has 0 aliphatic carbocycles. The topological polar surface area (TPSA) is 72.7 Å². The van der Waals surface area contributed by atoms with Gasteiger partial charge in [0.25, 0.3) is 5.91 Å². The largest absolute Gasteiger partial charge is 0.322 e. The summed E-state index contributed by atoms with van der Waals surface area (Å²) in [6.45, 7) is 4.06. The van der Waals surface area contributed by atoms with Crippen molar-refractivity contribution < 1.29 is 4.79 Å². The van der Waals surface area contributed by atoms with E-state index in [2.05, 4.69) is 20.8 Å². The Morgan fingerprint density at radius 1 is 1.09 bits per heavy atom. The van der Waals surface area contributed by atoms with E-state index in [4.69, 9.17) is 0 Å². The maximum atomic E-state index is 12.4. The molecule has 0 saturated heterocycles. The number of anilines is 1. The quantitative estimate of drug-likeness (QED) is 0.805. The van der Waals surface area contributed by atoms with Crippen LogP contribution < -0.4 is 5.32 Å². The number of aryl methyl sites for hydroxylation is 2. The number of hydrogen-bond acceptors (Lipinski definition) is 4. The van der Waals surface area contributed by atoms with Gasteiger partial charge < -0.3 is 5.32 Å². The lowest BCUT2D eigenvalue weighted by atomic mass is 10.1. The van der Waals surface area contributed by atoms with Crippen molar-refractivity contribution in [3.05, 3.63) is 65.5 Å². The Bertz CT molecular complexity index is 811. The van der Waals surface area contributed by atoms with Gasteiger partial charge in [-0.05, 0) is 65.7 Å². The second-order valence-electron chi connectivity index (χ2n) is 5.06. The van der Waals surface area contributed by atoms with Crippen LogP contribution in [0.3, 0.4) is 0 Å². The van der Waals surface area contributed by atoms with Gasteiger partial charge in [0.15, 0.2) is 0 Å². The van der Waals surface area contributed by atoms with Gasteiger partial charge in [-0.2, -0.15) is 0 Å². The van der Waals surface area contributed by atoms with Crippen LogP contribution >= 0.6 is 0 Å². The summed E-state index contributed by atoms with van der Waals surface area (Å²) in [5, 5.41) is 13.9. The average Bonchev–Trinajstić information content (AvgIpc) is 3.05. The van der Waals surface area contributed by atoms with Crippen molar-refractivity contribution in [2.45, 2.75) is 13.8 Å². The lowest BCUT2D eigenvalue weighted by molar-refractivity contribution is 0.102. The normalized spacial score (nSPS) is 10.5. The molecule has 0 spiro atoms. The summed E-state index contributed by atoms with van der Waals surface area (Å²) in [5.74, 6) is -0.168. The van der Waals surface area contributed by atoms with Gasteiger partial charge in [0, 0.05) is 11.3 Å². The third-order valence-corrected chi connectivity index (χ3v) is 3.49. The first-order valence-corrected chi connectivity index (χ1v) is 6.85. The molecule has 0 aliphatic heterocycles. The number of amides is 1. The van der Waals surface area contributed by atoms with E-state index in [0.717, 1.165) is 16.9 Å². The van der Waals surface area contributed by atoms with E-state index in [1.807, 2.05) is 38.1 Å². The number of nitrogens with one attached hydrogen (secondary N) is 1. The van der Waals surface area contributed by atoms with Gasteiger partial charge in [0.05, 0.1) is 5.69 Å². The van der Waals surface area contributed by atoms with Crippen molar-refractivity contribution in [2.24, 2.45) is 0 Å². The van der Waals surface area contributed by atoms with Gasteiger partial charge in [-0.25, -0.2) is 4.68 Å². The third kappa shape index (κ3) is 2.85. The van der Waals surface area contributed by atoms with Crippen LogP contribution in [0.1, 0.15) is 21.5 Å². The molecule has 0 radical (unpaired) electrons. The molecular formula is C16H15N5O. The molecule has 1 amide bonds. The number of aromatic nitrogens is 4. The van der Waals surface area contributed by atoms with Crippen LogP contribution in [-0.2, 0) is 0 Å². The molecule has 22 heavy (non-hydrogen) atoms. The summed E-state index contributed by atoms with van der Waals surface area (Å²) < 4.78 is 1.51. The molecule has 0 unspecified atom stereocenters. The van der Waals surface area contributed by atoms with E-state index in [-0.39, 0.29) is 5.91 Å². The first kappa shape index (κ1) is 13.9. The number of carbonyl (C=O) groups excluding carboxylic acids is 1. The van der Waals surface area contributed by atoms with Crippen molar-refractivity contribution >= 4 is 11.6 Å². The highest BCUT2D eigenvalue weighted by Gasteiger charge is 2.08. The zero-order chi connectivity index (χ0) is 15.5. The summed E-state index contributed by atoms with van der Waals surface area (Å²) in [7, 11) is 0. The smallest absolute Gasteiger partial charge is 0.255 e. The van der Waals surface area contributed by atoms with Crippen LogP contribution in [0.5, 0.6) is 0 Å². The minimum absolute atomic E-state index is 0.168. The molecule has 0 saturated carbocycles. The summed E-state index contributed by atoms with van der Waals surface area (Å²) in [6, 6.07) is 13.0. The molecule has 2 aromatic carbocycles. The summed E-state index contributed by atoms with van der Waals surface area (Å²) in [6.07, 6.45) is 1.49. The lowest BCUT2D eigenvalue weighted by Crippen LogP contribution is -2.12. The Morgan fingerprint density at radius 2 is 1.95 bits per heavy atom. The standard InChI is InChI=1S/C16H15N5O/c1-11-6-7-14(8-12(11)2)18-16(22)13-4-3-5-15(9-13)21-10-17-19-20-21/h3-10H,1-2H3,(H,18,22). The Labute approximate surface area is 127 Å². The second kappa shape index (κ2) is 5.77. The highest BCUT2D eigenvalue weighted by Crippen LogP contribution is 2.16. The highest BCUT2D eigenvalue weighted by atomic mass is 16.1. The number of tetrazole rings is 1. The zero-order valence-electron chi connectivity index (χ0n) is 12.3. The van der Waals surface area contributed by atoms with Crippen molar-refractivity contribution in [2.75, 3.05) is 5.32 Å². The van der Waals surface area contributed by atoms with Crippen LogP contribution in [0.15, 0.2) is 48.8 Å². The Hall–Kier alpha value is -3.02. The summed E-state index contributed by atoms with van der Waals surface area (Å²) in [5.41, 5.74) is 4.39. The predicted molar refractivity (Wildman–Crippen MR) is 83.0 cm³/mol. The van der Waals surface area contributed by atoms with Crippen LogP contribution in [0.25, 0.3) is 5.69 Å². The molecule has 3 aromatic rings. The molecule has 110 valence electrons. The Morgan fingerprint density at radius 3 is 2.68 bits per heavy atom. The number of rotatable bonds is 3. The van der Waals surface area contributed by atoms with Gasteiger partial charge in [0.2, 0.25) is 0 Å². The van der Waals surface area contributed by atoms with E-state index in [1.54, 1.807) is 18.2 Å². The Kier molecular flexibility index (Phi) is 3.65. The van der Waals surface area contributed by atoms with Crippen LogP contribution in [-0.4, -0.2) is 26.1 Å². The van der Waals surface area contributed by atoms with E-state index >= 15 is 0 Å². The average molecular weight is 293 g/mol. The molecule has 0 fully saturated rings. The van der Waals surface area contributed by atoms with E-state index in [1.165, 1.54) is 16.6 Å². The van der Waals surface area contributed by atoms with Crippen molar-refractivity contribution in [3.8, 4) is 5.69 Å². The monoisotopic (exact) mass is 293 g/mol. The SMILES string of the molecule is Cc1ccc(NC(=O)c2cccc(-n3cnnn3)c2)cc1C. The molecule has 1 aromatic heterocycles. The van der Waals surface area contributed by atoms with Gasteiger partial charge in [-0.1, -0.05) is 12.1 Å². The highest BCUT2D eigenvalue weighted by molar-refractivity contribution is 6.04. The fraction of sp³-hybridized carbons (Fsp3) is 0.125. The molecule has 0 atom stereocenters. The maximum absolute atomic E-state index is 12.4. The van der Waals surface area contributed by atoms with Gasteiger partial charge in [-0.3, -0.25) is 4.79 Å². The summed E-state index contributed by atoms with van der Waals surface area (Å²) in [4.78, 5) is 12.4. The van der Waals surface area contributed by atoms with Gasteiger partial charge in [-0.15, -0.1) is 5.10 Å². The second-order valence-corrected chi connectivity index (χ2v) is 5.06. The van der Waals surface area contributed by atoms with E-state index in [0.29, 0.717) is 5.56 Å². The van der Waals surface area contributed by atoms with E-state index in [9.17, 15) is 4.79 Å². The van der Waals surface area contributed by atoms with Crippen molar-refractivity contribution in [1.82, 2.24) is 20.2 Å². The molecule has 3 rings (SSSR count). The molecule has 0 bridgehead atoms. The fourth-order valence-corrected chi connectivity index (χ4v) is 2.09. The zero-order valence-corrected chi connectivity index (χ0v) is 12.3. The molecule has 1 N–H and O–H groups in total. The molecule has 6 heteroatoms. The van der Waals surface area contributed by atoms with Crippen molar-refractivity contribution in [3.63, 3.8) is 0 Å². The minimum atomic E-state index is -0.168. The first-order chi connectivity index (χ1) is 10.6. The maximum Gasteiger partial charge on any atom is 0.255 e. The third-order valence-electron chi connectivity index (χ3n) is 3.49. The van der Waals surface area contributed by atoms with Crippen LogP contribution in [0.2, 0.25) is 0 Å². The first-order valence-electron chi connectivity index (χ1n) is 6.85.